The Morgan fingerprint density at radius 3 is 2.88 bits per heavy atom. The van der Waals surface area contributed by atoms with Gasteiger partial charge >= 0.3 is 0 Å². The van der Waals surface area contributed by atoms with Gasteiger partial charge in [-0.2, -0.15) is 5.10 Å². The van der Waals surface area contributed by atoms with Crippen LogP contribution in [0.5, 0.6) is 0 Å². The number of aromatic amines is 1. The summed E-state index contributed by atoms with van der Waals surface area (Å²) < 4.78 is 3.64. The van der Waals surface area contributed by atoms with E-state index in [1.54, 1.807) is 0 Å². The zero-order valence-electron chi connectivity index (χ0n) is 8.78. The summed E-state index contributed by atoms with van der Waals surface area (Å²) in [5, 5.41) is 7.82. The van der Waals surface area contributed by atoms with Gasteiger partial charge in [0, 0.05) is 16.1 Å². The smallest absolute Gasteiger partial charge is 0.195 e. The van der Waals surface area contributed by atoms with Gasteiger partial charge in [-0.15, -0.1) is 0 Å². The van der Waals surface area contributed by atoms with Crippen LogP contribution in [0.2, 0.25) is 5.02 Å². The van der Waals surface area contributed by atoms with Gasteiger partial charge in [-0.3, -0.25) is 9.67 Å². The van der Waals surface area contributed by atoms with Crippen LogP contribution in [-0.4, -0.2) is 14.8 Å². The number of rotatable bonds is 2. The van der Waals surface area contributed by atoms with Crippen molar-refractivity contribution in [3.8, 4) is 11.4 Å². The van der Waals surface area contributed by atoms with E-state index in [9.17, 15) is 0 Å². The third-order valence-electron chi connectivity index (χ3n) is 2.79. The monoisotopic (exact) mass is 329 g/mol. The molecule has 0 unspecified atom stereocenters. The molecule has 1 aromatic heterocycles. The molecular formula is C11H9BrClN3S. The predicted molar refractivity (Wildman–Crippen MR) is 73.8 cm³/mol. The highest BCUT2D eigenvalue weighted by atomic mass is 79.9. The van der Waals surface area contributed by atoms with Crippen molar-refractivity contribution < 1.29 is 0 Å². The molecule has 1 aromatic carbocycles. The molecule has 17 heavy (non-hydrogen) atoms. The molecule has 3 nitrogen and oxygen atoms in total. The molecule has 1 heterocycles. The summed E-state index contributed by atoms with van der Waals surface area (Å²) in [5.41, 5.74) is 0.984. The van der Waals surface area contributed by atoms with E-state index in [4.69, 9.17) is 23.8 Å². The topological polar surface area (TPSA) is 33.6 Å². The number of nitrogens with zero attached hydrogens (tertiary/aromatic N) is 2. The Morgan fingerprint density at radius 1 is 1.47 bits per heavy atom. The van der Waals surface area contributed by atoms with Gasteiger partial charge < -0.3 is 0 Å². The molecule has 1 fully saturated rings. The second kappa shape index (κ2) is 4.23. The summed E-state index contributed by atoms with van der Waals surface area (Å²) in [6.07, 6.45) is 2.34. The van der Waals surface area contributed by atoms with Crippen molar-refractivity contribution in [3.05, 3.63) is 32.5 Å². The van der Waals surface area contributed by atoms with E-state index in [-0.39, 0.29) is 0 Å². The summed E-state index contributed by atoms with van der Waals surface area (Å²) >= 11 is 14.7. The van der Waals surface area contributed by atoms with Crippen LogP contribution in [0.1, 0.15) is 18.9 Å². The average Bonchev–Trinajstić information content (AvgIpc) is 3.06. The average molecular weight is 331 g/mol. The normalized spacial score (nSPS) is 15.2. The first-order chi connectivity index (χ1) is 8.16. The number of halogens is 2. The summed E-state index contributed by atoms with van der Waals surface area (Å²) in [5.74, 6) is 0.868. The van der Waals surface area contributed by atoms with E-state index in [1.165, 1.54) is 12.8 Å². The maximum absolute atomic E-state index is 6.10. The van der Waals surface area contributed by atoms with Crippen LogP contribution >= 0.6 is 39.7 Å². The molecule has 0 spiro atoms. The third-order valence-corrected chi connectivity index (χ3v) is 4.31. The van der Waals surface area contributed by atoms with E-state index in [2.05, 4.69) is 30.7 Å². The molecule has 0 saturated heterocycles. The van der Waals surface area contributed by atoms with Gasteiger partial charge in [0.05, 0.1) is 5.02 Å². The van der Waals surface area contributed by atoms with E-state index in [0.29, 0.717) is 15.8 Å². The summed E-state index contributed by atoms with van der Waals surface area (Å²) in [4.78, 5) is 0. The van der Waals surface area contributed by atoms with Crippen molar-refractivity contribution in [2.45, 2.75) is 18.9 Å². The summed E-state index contributed by atoms with van der Waals surface area (Å²) in [6.45, 7) is 0. The Balaban J connectivity index is 2.14. The van der Waals surface area contributed by atoms with Gasteiger partial charge in [-0.25, -0.2) is 0 Å². The minimum absolute atomic E-state index is 0.499. The van der Waals surface area contributed by atoms with E-state index < -0.39 is 0 Å². The van der Waals surface area contributed by atoms with E-state index in [1.807, 2.05) is 18.2 Å². The molecule has 88 valence electrons. The lowest BCUT2D eigenvalue weighted by Gasteiger charge is -2.05. The van der Waals surface area contributed by atoms with Gasteiger partial charge in [0.1, 0.15) is 0 Å². The number of benzene rings is 1. The lowest BCUT2D eigenvalue weighted by molar-refractivity contribution is 0.735. The van der Waals surface area contributed by atoms with Gasteiger partial charge in [0.25, 0.3) is 0 Å². The van der Waals surface area contributed by atoms with Gasteiger partial charge in [0.2, 0.25) is 0 Å². The number of nitrogens with one attached hydrogen (secondary N) is 1. The molecule has 1 saturated carbocycles. The molecule has 0 bridgehead atoms. The highest BCUT2D eigenvalue weighted by Gasteiger charge is 2.27. The molecule has 0 atom stereocenters. The fourth-order valence-corrected chi connectivity index (χ4v) is 2.52. The Kier molecular flexibility index (Phi) is 2.84. The standard InChI is InChI=1S/C11H9BrClN3S/c12-8-4-1-6(5-9(8)13)10-14-15-11(17)16(10)7-2-3-7/h1,4-5,7H,2-3H2,(H,15,17). The fourth-order valence-electron chi connectivity index (χ4n) is 1.82. The first-order valence-corrected chi connectivity index (χ1v) is 6.87. The van der Waals surface area contributed by atoms with Crippen LogP contribution in [0.25, 0.3) is 11.4 Å². The maximum Gasteiger partial charge on any atom is 0.195 e. The maximum atomic E-state index is 6.10. The van der Waals surface area contributed by atoms with Crippen molar-refractivity contribution in [2.75, 3.05) is 0 Å². The predicted octanol–water partition coefficient (Wildman–Crippen LogP) is 4.36. The summed E-state index contributed by atoms with van der Waals surface area (Å²) in [7, 11) is 0. The second-order valence-corrected chi connectivity index (χ2v) is 5.73. The highest BCUT2D eigenvalue weighted by Crippen LogP contribution is 2.38. The SMILES string of the molecule is S=c1[nH]nc(-c2ccc(Br)c(Cl)c2)n1C1CC1. The minimum atomic E-state index is 0.499. The van der Waals surface area contributed by atoms with E-state index in [0.717, 1.165) is 15.9 Å². The van der Waals surface area contributed by atoms with Crippen LogP contribution in [0.3, 0.4) is 0 Å². The molecule has 6 heteroatoms. The number of hydrogen-bond donors (Lipinski definition) is 1. The zero-order chi connectivity index (χ0) is 12.0. The first kappa shape index (κ1) is 11.4. The summed E-state index contributed by atoms with van der Waals surface area (Å²) in [6, 6.07) is 6.31. The van der Waals surface area contributed by atoms with Crippen molar-refractivity contribution in [3.63, 3.8) is 0 Å². The third kappa shape index (κ3) is 2.07. The fraction of sp³-hybridized carbons (Fsp3) is 0.273. The van der Waals surface area contributed by atoms with Gasteiger partial charge in [-0.1, -0.05) is 11.6 Å². The second-order valence-electron chi connectivity index (χ2n) is 4.08. The molecule has 0 radical (unpaired) electrons. The molecule has 1 aliphatic rings. The number of hydrogen-bond acceptors (Lipinski definition) is 2. The van der Waals surface area contributed by atoms with Crippen LogP contribution in [-0.2, 0) is 0 Å². The van der Waals surface area contributed by atoms with Crippen molar-refractivity contribution in [2.24, 2.45) is 0 Å². The number of aromatic nitrogens is 3. The van der Waals surface area contributed by atoms with E-state index >= 15 is 0 Å². The highest BCUT2D eigenvalue weighted by molar-refractivity contribution is 9.10. The zero-order valence-corrected chi connectivity index (χ0v) is 11.9. The Labute approximate surface area is 117 Å². The van der Waals surface area contributed by atoms with Crippen LogP contribution in [0.15, 0.2) is 22.7 Å². The van der Waals surface area contributed by atoms with Gasteiger partial charge in [0.15, 0.2) is 10.6 Å². The molecule has 1 N–H and O–H groups in total. The molecule has 2 aromatic rings. The molecule has 0 amide bonds. The Morgan fingerprint density at radius 2 is 2.24 bits per heavy atom. The molecule has 3 rings (SSSR count). The quantitative estimate of drug-likeness (QED) is 0.830. The molecule has 1 aliphatic carbocycles. The van der Waals surface area contributed by atoms with Crippen molar-refractivity contribution in [1.82, 2.24) is 14.8 Å². The van der Waals surface area contributed by atoms with Crippen LogP contribution < -0.4 is 0 Å². The van der Waals surface area contributed by atoms with Crippen LogP contribution in [0.4, 0.5) is 0 Å². The Bertz CT molecular complexity index is 630. The lowest BCUT2D eigenvalue weighted by Crippen LogP contribution is -1.97. The first-order valence-electron chi connectivity index (χ1n) is 5.29. The van der Waals surface area contributed by atoms with Crippen molar-refractivity contribution >= 4 is 39.7 Å². The number of H-pyrrole nitrogens is 1. The lowest BCUT2D eigenvalue weighted by atomic mass is 10.2. The molecular weight excluding hydrogens is 322 g/mol. The van der Waals surface area contributed by atoms with Crippen LogP contribution in [0, 0.1) is 4.77 Å². The van der Waals surface area contributed by atoms with Gasteiger partial charge in [-0.05, 0) is 59.2 Å². The largest absolute Gasteiger partial charge is 0.297 e. The molecule has 0 aliphatic heterocycles. The minimum Gasteiger partial charge on any atom is -0.297 e. The Hall–Kier alpha value is -0.650. The van der Waals surface area contributed by atoms with Crippen molar-refractivity contribution in [1.29, 1.82) is 0 Å².